The van der Waals surface area contributed by atoms with Gasteiger partial charge in [0.05, 0.1) is 5.56 Å². The minimum Gasteiger partial charge on any atom is -0.478 e. The molecule has 5 aromatic rings. The molecule has 0 amide bonds. The summed E-state index contributed by atoms with van der Waals surface area (Å²) in [5.74, 6) is -0.915. The second-order valence-corrected chi connectivity index (χ2v) is 10.5. The molecule has 0 radical (unpaired) electrons. The fourth-order valence-electron chi connectivity index (χ4n) is 5.65. The summed E-state index contributed by atoms with van der Waals surface area (Å²) in [6.45, 7) is 6.74. The van der Waals surface area contributed by atoms with E-state index in [9.17, 15) is 9.90 Å². The lowest BCUT2D eigenvalue weighted by molar-refractivity contribution is 0.0697. The summed E-state index contributed by atoms with van der Waals surface area (Å²) >= 11 is 0. The fourth-order valence-corrected chi connectivity index (χ4v) is 5.65. The molecule has 38 heavy (non-hydrogen) atoms. The van der Waals surface area contributed by atoms with Crippen LogP contribution in [0.4, 0.5) is 17.1 Å². The van der Waals surface area contributed by atoms with Gasteiger partial charge in [0.1, 0.15) is 0 Å². The zero-order valence-corrected chi connectivity index (χ0v) is 21.8. The molecule has 6 rings (SSSR count). The topological polar surface area (TPSA) is 40.5 Å². The van der Waals surface area contributed by atoms with Gasteiger partial charge in [0, 0.05) is 22.5 Å². The molecule has 1 N–H and O–H groups in total. The largest absolute Gasteiger partial charge is 0.478 e. The van der Waals surface area contributed by atoms with Crippen LogP contribution in [-0.4, -0.2) is 11.1 Å². The Kier molecular flexibility index (Phi) is 5.65. The molecular formula is C35H29NO2. The van der Waals surface area contributed by atoms with Gasteiger partial charge < -0.3 is 10.0 Å². The summed E-state index contributed by atoms with van der Waals surface area (Å²) in [6, 6.07) is 39.6. The molecule has 186 valence electrons. The van der Waals surface area contributed by atoms with Crippen LogP contribution in [0.5, 0.6) is 0 Å². The third-order valence-corrected chi connectivity index (χ3v) is 7.68. The van der Waals surface area contributed by atoms with Crippen molar-refractivity contribution in [2.75, 3.05) is 4.90 Å². The number of hydrogen-bond acceptors (Lipinski definition) is 2. The Hall–Kier alpha value is -4.63. The number of benzene rings is 5. The van der Waals surface area contributed by atoms with Crippen LogP contribution in [0.3, 0.4) is 0 Å². The first-order valence-electron chi connectivity index (χ1n) is 12.9. The second-order valence-electron chi connectivity index (χ2n) is 10.5. The lowest BCUT2D eigenvalue weighted by atomic mass is 9.82. The molecule has 1 aliphatic carbocycles. The van der Waals surface area contributed by atoms with Gasteiger partial charge in [-0.25, -0.2) is 4.79 Å². The minimum atomic E-state index is -0.915. The maximum absolute atomic E-state index is 11.2. The number of fused-ring (bicyclic) bond motifs is 3. The molecule has 3 heteroatoms. The third-order valence-electron chi connectivity index (χ3n) is 7.68. The average molecular weight is 496 g/mol. The van der Waals surface area contributed by atoms with E-state index in [4.69, 9.17) is 0 Å². The smallest absolute Gasteiger partial charge is 0.335 e. The van der Waals surface area contributed by atoms with E-state index in [2.05, 4.69) is 117 Å². The number of carboxylic acid groups (broad SMARTS) is 1. The van der Waals surface area contributed by atoms with Crippen molar-refractivity contribution in [1.82, 2.24) is 0 Å². The second kappa shape index (κ2) is 9.04. The van der Waals surface area contributed by atoms with Crippen molar-refractivity contribution in [2.45, 2.75) is 26.2 Å². The predicted molar refractivity (Wildman–Crippen MR) is 156 cm³/mol. The van der Waals surface area contributed by atoms with E-state index in [1.54, 1.807) is 12.1 Å². The van der Waals surface area contributed by atoms with Crippen molar-refractivity contribution in [3.63, 3.8) is 0 Å². The average Bonchev–Trinajstić information content (AvgIpc) is 3.16. The van der Waals surface area contributed by atoms with Gasteiger partial charge in [0.15, 0.2) is 0 Å². The maximum atomic E-state index is 11.2. The number of hydrogen-bond donors (Lipinski definition) is 1. The van der Waals surface area contributed by atoms with Gasteiger partial charge in [-0.1, -0.05) is 80.6 Å². The van der Waals surface area contributed by atoms with Gasteiger partial charge in [-0.05, 0) is 94.4 Å². The van der Waals surface area contributed by atoms with Gasteiger partial charge in [-0.3, -0.25) is 0 Å². The zero-order valence-electron chi connectivity index (χ0n) is 21.8. The predicted octanol–water partition coefficient (Wildman–Crippen LogP) is 9.14. The standard InChI is InChI=1S/C35H29NO2/c1-23-7-6-8-28(21-23)36(27-17-15-25(16-18-27)24-11-13-26(14-12-24)34(37)38)29-19-20-31-30-9-4-5-10-32(30)35(2,3)33(31)22-29/h4-22H,1-3H3,(H,37,38). The molecule has 0 spiro atoms. The Morgan fingerprint density at radius 1 is 0.632 bits per heavy atom. The first kappa shape index (κ1) is 23.7. The molecule has 0 aromatic heterocycles. The van der Waals surface area contributed by atoms with E-state index in [-0.39, 0.29) is 11.0 Å². The highest BCUT2D eigenvalue weighted by Crippen LogP contribution is 2.50. The van der Waals surface area contributed by atoms with Gasteiger partial charge in [-0.15, -0.1) is 0 Å². The number of carbonyl (C=O) groups is 1. The van der Waals surface area contributed by atoms with Crippen LogP contribution in [0.15, 0.2) is 115 Å². The SMILES string of the molecule is Cc1cccc(N(c2ccc(-c3ccc(C(=O)O)cc3)cc2)c2ccc3c(c2)C(C)(C)c2ccccc2-3)c1. The van der Waals surface area contributed by atoms with E-state index in [0.29, 0.717) is 0 Å². The highest BCUT2D eigenvalue weighted by atomic mass is 16.4. The lowest BCUT2D eigenvalue weighted by Gasteiger charge is -2.28. The molecule has 0 aliphatic heterocycles. The Bertz CT molecular complexity index is 1660. The van der Waals surface area contributed by atoms with Crippen molar-refractivity contribution < 1.29 is 9.90 Å². The fraction of sp³-hybridized carbons (Fsp3) is 0.114. The number of carboxylic acids is 1. The summed E-state index contributed by atoms with van der Waals surface area (Å²) in [6.07, 6.45) is 0. The molecule has 5 aromatic carbocycles. The summed E-state index contributed by atoms with van der Waals surface area (Å²) < 4.78 is 0. The van der Waals surface area contributed by atoms with Crippen LogP contribution in [-0.2, 0) is 5.41 Å². The highest BCUT2D eigenvalue weighted by Gasteiger charge is 2.35. The monoisotopic (exact) mass is 495 g/mol. The molecule has 0 heterocycles. The van der Waals surface area contributed by atoms with E-state index in [1.165, 1.54) is 27.8 Å². The summed E-state index contributed by atoms with van der Waals surface area (Å²) in [4.78, 5) is 13.5. The number of nitrogens with zero attached hydrogens (tertiary/aromatic N) is 1. The van der Waals surface area contributed by atoms with E-state index < -0.39 is 5.97 Å². The van der Waals surface area contributed by atoms with Crippen molar-refractivity contribution in [3.8, 4) is 22.3 Å². The summed E-state index contributed by atoms with van der Waals surface area (Å²) in [5.41, 5.74) is 12.1. The van der Waals surface area contributed by atoms with Crippen LogP contribution >= 0.6 is 0 Å². The van der Waals surface area contributed by atoms with E-state index in [1.807, 2.05) is 12.1 Å². The van der Waals surface area contributed by atoms with Crippen LogP contribution in [0.25, 0.3) is 22.3 Å². The van der Waals surface area contributed by atoms with Crippen molar-refractivity contribution in [3.05, 3.63) is 138 Å². The van der Waals surface area contributed by atoms with Gasteiger partial charge in [0.25, 0.3) is 0 Å². The third kappa shape index (κ3) is 3.97. The number of aromatic carboxylic acids is 1. The first-order chi connectivity index (χ1) is 18.3. The normalized spacial score (nSPS) is 13.0. The Morgan fingerprint density at radius 3 is 1.92 bits per heavy atom. The molecular weight excluding hydrogens is 466 g/mol. The van der Waals surface area contributed by atoms with Gasteiger partial charge in [0.2, 0.25) is 0 Å². The van der Waals surface area contributed by atoms with E-state index >= 15 is 0 Å². The quantitative estimate of drug-likeness (QED) is 0.264. The van der Waals surface area contributed by atoms with Crippen LogP contribution < -0.4 is 4.90 Å². The molecule has 0 bridgehead atoms. The molecule has 0 atom stereocenters. The molecule has 0 fully saturated rings. The Balaban J connectivity index is 1.44. The lowest BCUT2D eigenvalue weighted by Crippen LogP contribution is -2.16. The summed E-state index contributed by atoms with van der Waals surface area (Å²) in [7, 11) is 0. The molecule has 0 unspecified atom stereocenters. The van der Waals surface area contributed by atoms with Gasteiger partial charge in [-0.2, -0.15) is 0 Å². The number of anilines is 3. The number of aryl methyl sites for hydroxylation is 1. The van der Waals surface area contributed by atoms with E-state index in [0.717, 1.165) is 28.2 Å². The zero-order chi connectivity index (χ0) is 26.4. The summed E-state index contributed by atoms with van der Waals surface area (Å²) in [5, 5.41) is 9.22. The number of rotatable bonds is 5. The van der Waals surface area contributed by atoms with Gasteiger partial charge >= 0.3 is 5.97 Å². The molecule has 0 saturated carbocycles. The van der Waals surface area contributed by atoms with Crippen molar-refractivity contribution >= 4 is 23.0 Å². The highest BCUT2D eigenvalue weighted by molar-refractivity contribution is 5.89. The van der Waals surface area contributed by atoms with Crippen molar-refractivity contribution in [2.24, 2.45) is 0 Å². The minimum absolute atomic E-state index is 0.0772. The van der Waals surface area contributed by atoms with Crippen LogP contribution in [0.2, 0.25) is 0 Å². The van der Waals surface area contributed by atoms with Crippen LogP contribution in [0.1, 0.15) is 40.9 Å². The molecule has 0 saturated heterocycles. The maximum Gasteiger partial charge on any atom is 0.335 e. The Labute approximate surface area is 223 Å². The Morgan fingerprint density at radius 2 is 1.24 bits per heavy atom. The first-order valence-corrected chi connectivity index (χ1v) is 12.9. The molecule has 3 nitrogen and oxygen atoms in total. The van der Waals surface area contributed by atoms with Crippen LogP contribution in [0, 0.1) is 6.92 Å². The molecule has 1 aliphatic rings. The van der Waals surface area contributed by atoms with Crippen molar-refractivity contribution in [1.29, 1.82) is 0 Å².